The molecule has 5 rings (SSSR count). The summed E-state index contributed by atoms with van der Waals surface area (Å²) in [5.74, 6) is -0.271. The van der Waals surface area contributed by atoms with Crippen LogP contribution in [0.15, 0.2) is 47.5 Å². The Hall–Kier alpha value is -3.06. The first-order valence-electron chi connectivity index (χ1n) is 13.6. The van der Waals surface area contributed by atoms with Gasteiger partial charge in [-0.1, -0.05) is 25.5 Å². The van der Waals surface area contributed by atoms with E-state index in [4.69, 9.17) is 0 Å². The first-order chi connectivity index (χ1) is 17.9. The van der Waals surface area contributed by atoms with Crippen LogP contribution < -0.4 is 4.90 Å². The topological polar surface area (TPSA) is 73.2 Å². The molecule has 0 unspecified atom stereocenters. The van der Waals surface area contributed by atoms with Crippen molar-refractivity contribution < 1.29 is 19.1 Å². The molecule has 1 saturated heterocycles. The first kappa shape index (κ1) is 25.6. The van der Waals surface area contributed by atoms with Gasteiger partial charge in [0.15, 0.2) is 0 Å². The number of carboxylic acid groups (broad SMARTS) is 1. The summed E-state index contributed by atoms with van der Waals surface area (Å²) in [4.78, 5) is 33.8. The van der Waals surface area contributed by atoms with E-state index in [0.717, 1.165) is 49.6 Å². The molecule has 0 atom stereocenters. The number of benzene rings is 2. The molecule has 1 saturated carbocycles. The summed E-state index contributed by atoms with van der Waals surface area (Å²) in [7, 11) is 0. The lowest BCUT2D eigenvalue weighted by Gasteiger charge is -2.35. The average Bonchev–Trinajstić information content (AvgIpc) is 3.26. The number of anilines is 1. The van der Waals surface area contributed by atoms with Gasteiger partial charge in [0, 0.05) is 30.3 Å². The smallest absolute Gasteiger partial charge is 0.306 e. The molecule has 0 radical (unpaired) electrons. The maximum Gasteiger partial charge on any atom is 0.306 e. The van der Waals surface area contributed by atoms with Crippen LogP contribution in [-0.2, 0) is 17.8 Å². The van der Waals surface area contributed by atoms with Crippen molar-refractivity contribution in [1.82, 2.24) is 4.90 Å². The van der Waals surface area contributed by atoms with E-state index in [-0.39, 0.29) is 23.7 Å². The minimum atomic E-state index is -0.727. The zero-order valence-electron chi connectivity index (χ0n) is 21.5. The van der Waals surface area contributed by atoms with E-state index in [1.807, 2.05) is 0 Å². The number of carboxylic acids is 1. The van der Waals surface area contributed by atoms with E-state index >= 15 is 0 Å². The number of likely N-dealkylation sites (tertiary alicyclic amines) is 1. The van der Waals surface area contributed by atoms with Crippen LogP contribution in [0.1, 0.15) is 73.4 Å². The number of amides is 1. The van der Waals surface area contributed by atoms with Crippen molar-refractivity contribution in [2.75, 3.05) is 18.0 Å². The Morgan fingerprint density at radius 2 is 1.70 bits per heavy atom. The predicted octanol–water partition coefficient (Wildman–Crippen LogP) is 5.69. The quantitative estimate of drug-likeness (QED) is 0.546. The highest BCUT2D eigenvalue weighted by molar-refractivity contribution is 6.12. The van der Waals surface area contributed by atoms with Crippen LogP contribution in [0, 0.1) is 17.7 Å². The maximum absolute atomic E-state index is 13.4. The molecule has 0 spiro atoms. The number of rotatable bonds is 6. The third-order valence-electron chi connectivity index (χ3n) is 8.46. The molecule has 2 heterocycles. The molecule has 1 amide bonds. The Morgan fingerprint density at radius 3 is 2.35 bits per heavy atom. The van der Waals surface area contributed by atoms with Gasteiger partial charge in [-0.05, 0) is 99.0 Å². The number of fused-ring (bicyclic) bond motifs is 1. The third-order valence-corrected chi connectivity index (χ3v) is 8.46. The Balaban J connectivity index is 1.40. The number of halogens is 1. The highest BCUT2D eigenvalue weighted by Crippen LogP contribution is 2.38. The minimum absolute atomic E-state index is 0.104. The highest BCUT2D eigenvalue weighted by atomic mass is 19.1. The Morgan fingerprint density at radius 1 is 1.00 bits per heavy atom. The molecular formula is C30H36FN3O3. The first-order valence-corrected chi connectivity index (χ1v) is 13.6. The standard InChI is InChI=1S/C30H36FN3O3/c1-2-20-13-15-33(16-14-20)19-21-3-4-24-18-28(32-29(35)22-5-9-25(31)10-6-22)34(27(24)17-21)26-11-7-23(8-12-26)30(36)37/h3-6,9-10,17,20,23,26H,2,7-8,11-16,18-19H2,1H3,(H,36,37). The molecule has 7 heteroatoms. The van der Waals surface area contributed by atoms with Crippen molar-refractivity contribution in [3.63, 3.8) is 0 Å². The fraction of sp³-hybridized carbons (Fsp3) is 0.500. The SMILES string of the molecule is CCC1CCN(Cc2ccc3c(c2)N(C2CCC(C(=O)O)CC2)C(=NC(=O)c2ccc(F)cc2)C3)CC1. The Kier molecular flexibility index (Phi) is 7.70. The van der Waals surface area contributed by atoms with Crippen molar-refractivity contribution >= 4 is 23.4 Å². The van der Waals surface area contributed by atoms with E-state index in [1.54, 1.807) is 0 Å². The molecule has 0 bridgehead atoms. The van der Waals surface area contributed by atoms with Gasteiger partial charge in [-0.25, -0.2) is 4.39 Å². The number of hydrogen-bond acceptors (Lipinski definition) is 3. The van der Waals surface area contributed by atoms with Gasteiger partial charge in [-0.15, -0.1) is 0 Å². The second-order valence-electron chi connectivity index (χ2n) is 10.8. The minimum Gasteiger partial charge on any atom is -0.481 e. The largest absolute Gasteiger partial charge is 0.481 e. The summed E-state index contributed by atoms with van der Waals surface area (Å²) in [6, 6.07) is 12.2. The fourth-order valence-electron chi connectivity index (χ4n) is 6.14. The summed E-state index contributed by atoms with van der Waals surface area (Å²) in [5, 5.41) is 9.48. The van der Waals surface area contributed by atoms with Crippen LogP contribution in [0.3, 0.4) is 0 Å². The van der Waals surface area contributed by atoms with Gasteiger partial charge >= 0.3 is 5.97 Å². The van der Waals surface area contributed by atoms with Crippen LogP contribution in [0.4, 0.5) is 10.1 Å². The molecule has 2 aliphatic heterocycles. The van der Waals surface area contributed by atoms with E-state index in [1.165, 1.54) is 49.1 Å². The van der Waals surface area contributed by atoms with Gasteiger partial charge in [0.1, 0.15) is 11.7 Å². The summed E-state index contributed by atoms with van der Waals surface area (Å²) in [5.41, 5.74) is 3.84. The molecule has 1 N–H and O–H groups in total. The fourth-order valence-corrected chi connectivity index (χ4v) is 6.14. The molecular weight excluding hydrogens is 469 g/mol. The molecule has 196 valence electrons. The summed E-state index contributed by atoms with van der Waals surface area (Å²) in [6.07, 6.45) is 7.05. The van der Waals surface area contributed by atoms with Gasteiger partial charge in [0.2, 0.25) is 0 Å². The molecule has 2 aromatic carbocycles. The zero-order valence-corrected chi connectivity index (χ0v) is 21.5. The van der Waals surface area contributed by atoms with Gasteiger partial charge in [-0.2, -0.15) is 4.99 Å². The molecule has 2 fully saturated rings. The number of aliphatic imine (C=N–C) groups is 1. The normalized spacial score (nSPS) is 23.8. The number of hydrogen-bond donors (Lipinski definition) is 1. The van der Waals surface area contributed by atoms with Crippen LogP contribution >= 0.6 is 0 Å². The van der Waals surface area contributed by atoms with E-state index in [9.17, 15) is 19.1 Å². The number of piperidine rings is 1. The molecule has 6 nitrogen and oxygen atoms in total. The van der Waals surface area contributed by atoms with Gasteiger partial charge in [0.05, 0.1) is 5.92 Å². The van der Waals surface area contributed by atoms with Gasteiger partial charge < -0.3 is 10.0 Å². The van der Waals surface area contributed by atoms with Crippen LogP contribution in [0.5, 0.6) is 0 Å². The van der Waals surface area contributed by atoms with E-state index < -0.39 is 5.97 Å². The second-order valence-corrected chi connectivity index (χ2v) is 10.8. The lowest BCUT2D eigenvalue weighted by Crippen LogP contribution is -2.41. The lowest BCUT2D eigenvalue weighted by molar-refractivity contribution is -0.142. The summed E-state index contributed by atoms with van der Waals surface area (Å²) >= 11 is 0. The van der Waals surface area contributed by atoms with Crippen molar-refractivity contribution in [3.8, 4) is 0 Å². The molecule has 1 aliphatic carbocycles. The van der Waals surface area contributed by atoms with Gasteiger partial charge in [0.25, 0.3) is 5.91 Å². The monoisotopic (exact) mass is 505 g/mol. The number of carbonyl (C=O) groups excluding carboxylic acids is 1. The number of amidine groups is 1. The molecule has 0 aromatic heterocycles. The van der Waals surface area contributed by atoms with E-state index in [2.05, 4.69) is 39.9 Å². The molecule has 37 heavy (non-hydrogen) atoms. The van der Waals surface area contributed by atoms with Crippen molar-refractivity contribution in [1.29, 1.82) is 0 Å². The Labute approximate surface area is 218 Å². The van der Waals surface area contributed by atoms with Crippen LogP contribution in [0.2, 0.25) is 0 Å². The van der Waals surface area contributed by atoms with Crippen molar-refractivity contribution in [2.24, 2.45) is 16.8 Å². The number of nitrogens with zero attached hydrogens (tertiary/aromatic N) is 3. The predicted molar refractivity (Wildman–Crippen MR) is 142 cm³/mol. The highest BCUT2D eigenvalue weighted by Gasteiger charge is 2.36. The van der Waals surface area contributed by atoms with Gasteiger partial charge in [-0.3, -0.25) is 14.5 Å². The third kappa shape index (κ3) is 5.77. The summed E-state index contributed by atoms with van der Waals surface area (Å²) < 4.78 is 13.4. The maximum atomic E-state index is 13.4. The average molecular weight is 506 g/mol. The molecule has 2 aromatic rings. The van der Waals surface area contributed by atoms with E-state index in [0.29, 0.717) is 30.7 Å². The van der Waals surface area contributed by atoms with Crippen LogP contribution in [0.25, 0.3) is 0 Å². The van der Waals surface area contributed by atoms with Crippen LogP contribution in [-0.4, -0.2) is 46.8 Å². The zero-order chi connectivity index (χ0) is 25.9. The molecule has 3 aliphatic rings. The Bertz CT molecular complexity index is 1160. The second kappa shape index (κ2) is 11.1. The summed E-state index contributed by atoms with van der Waals surface area (Å²) in [6.45, 7) is 5.43. The lowest BCUT2D eigenvalue weighted by atomic mass is 9.85. The van der Waals surface area contributed by atoms with Crippen molar-refractivity contribution in [2.45, 2.75) is 70.9 Å². The van der Waals surface area contributed by atoms with Crippen molar-refractivity contribution in [3.05, 3.63) is 65.0 Å². The number of carbonyl (C=O) groups is 2. The number of aliphatic carboxylic acids is 1.